The molecule has 0 aromatic heterocycles. The maximum Gasteiger partial charge on any atom is 0.416 e. The van der Waals surface area contributed by atoms with Gasteiger partial charge in [0.1, 0.15) is 0 Å². The molecule has 3 amide bonds. The number of halogens is 4. The van der Waals surface area contributed by atoms with Gasteiger partial charge in [-0.2, -0.15) is 13.2 Å². The molecular formula is C19H17ClF3N3O2. The third kappa shape index (κ3) is 5.39. The highest BCUT2D eigenvalue weighted by Gasteiger charge is 2.30. The molecule has 2 aromatic carbocycles. The van der Waals surface area contributed by atoms with Crippen LogP contribution in [0.4, 0.5) is 23.7 Å². The molecule has 1 aliphatic rings. The van der Waals surface area contributed by atoms with Gasteiger partial charge in [0.15, 0.2) is 0 Å². The van der Waals surface area contributed by atoms with Gasteiger partial charge in [-0.1, -0.05) is 23.7 Å². The number of hydrogen-bond donors (Lipinski definition) is 3. The lowest BCUT2D eigenvalue weighted by molar-refractivity contribution is -0.137. The molecule has 5 nitrogen and oxygen atoms in total. The third-order valence-electron chi connectivity index (χ3n) is 4.09. The summed E-state index contributed by atoms with van der Waals surface area (Å²) in [7, 11) is 0. The molecule has 0 radical (unpaired) electrons. The van der Waals surface area contributed by atoms with Crippen LogP contribution in [-0.4, -0.2) is 18.0 Å². The Morgan fingerprint density at radius 3 is 2.54 bits per heavy atom. The summed E-state index contributed by atoms with van der Waals surface area (Å²) in [6, 6.07) is 8.72. The van der Waals surface area contributed by atoms with Crippen molar-refractivity contribution in [3.8, 4) is 0 Å². The number of rotatable bonds is 5. The highest BCUT2D eigenvalue weighted by Crippen LogP contribution is 2.29. The minimum absolute atomic E-state index is 0.0850. The quantitative estimate of drug-likeness (QED) is 0.674. The summed E-state index contributed by atoms with van der Waals surface area (Å²) in [5, 5.41) is 8.09. The molecule has 0 spiro atoms. The fourth-order valence-corrected chi connectivity index (χ4v) is 2.69. The lowest BCUT2D eigenvalue weighted by atomic mass is 10.1. The number of hydrogen-bond acceptors (Lipinski definition) is 2. The van der Waals surface area contributed by atoms with Gasteiger partial charge < -0.3 is 16.0 Å². The zero-order valence-electron chi connectivity index (χ0n) is 14.6. The molecule has 0 heterocycles. The predicted molar refractivity (Wildman–Crippen MR) is 99.2 cm³/mol. The van der Waals surface area contributed by atoms with Gasteiger partial charge in [0.05, 0.1) is 16.1 Å². The van der Waals surface area contributed by atoms with E-state index in [2.05, 4.69) is 16.0 Å². The lowest BCUT2D eigenvalue weighted by Crippen LogP contribution is -2.29. The average molecular weight is 412 g/mol. The number of benzene rings is 2. The number of carbonyl (C=O) groups is 2. The van der Waals surface area contributed by atoms with Gasteiger partial charge in [0.2, 0.25) is 0 Å². The van der Waals surface area contributed by atoms with E-state index < -0.39 is 17.8 Å². The van der Waals surface area contributed by atoms with E-state index in [4.69, 9.17) is 11.6 Å². The number of alkyl halides is 3. The highest BCUT2D eigenvalue weighted by molar-refractivity contribution is 6.34. The number of urea groups is 1. The second kappa shape index (κ2) is 8.10. The van der Waals surface area contributed by atoms with Crippen LogP contribution in [0.1, 0.15) is 34.3 Å². The van der Waals surface area contributed by atoms with E-state index in [1.54, 1.807) is 0 Å². The number of nitrogens with one attached hydrogen (secondary N) is 3. The molecule has 0 atom stereocenters. The molecule has 0 unspecified atom stereocenters. The van der Waals surface area contributed by atoms with Crippen LogP contribution in [0.2, 0.25) is 5.02 Å². The largest absolute Gasteiger partial charge is 0.416 e. The normalized spacial score (nSPS) is 13.7. The molecule has 9 heteroatoms. The van der Waals surface area contributed by atoms with Gasteiger partial charge >= 0.3 is 12.2 Å². The van der Waals surface area contributed by atoms with Crippen LogP contribution in [0.25, 0.3) is 0 Å². The van der Waals surface area contributed by atoms with Crippen molar-refractivity contribution in [2.75, 3.05) is 5.32 Å². The van der Waals surface area contributed by atoms with Crippen molar-refractivity contribution in [3.63, 3.8) is 0 Å². The first-order valence-corrected chi connectivity index (χ1v) is 8.91. The highest BCUT2D eigenvalue weighted by atomic mass is 35.5. The Hall–Kier alpha value is -2.74. The first-order valence-electron chi connectivity index (χ1n) is 8.54. The molecule has 3 rings (SSSR count). The predicted octanol–water partition coefficient (Wildman–Crippen LogP) is 4.57. The van der Waals surface area contributed by atoms with Crippen molar-refractivity contribution in [1.29, 1.82) is 0 Å². The fourth-order valence-electron chi connectivity index (χ4n) is 2.48. The van der Waals surface area contributed by atoms with Crippen LogP contribution >= 0.6 is 11.6 Å². The molecule has 0 saturated heterocycles. The SMILES string of the molecule is O=C(NCc1cccc(C(F)(F)F)c1)Nc1ccc(Cl)c(C(=O)NC2CC2)c1. The minimum Gasteiger partial charge on any atom is -0.349 e. The second-order valence-electron chi connectivity index (χ2n) is 6.45. The number of amides is 3. The Labute approximate surface area is 164 Å². The molecular weight excluding hydrogens is 395 g/mol. The van der Waals surface area contributed by atoms with Crippen LogP contribution in [0, 0.1) is 0 Å². The summed E-state index contributed by atoms with van der Waals surface area (Å²) in [6.07, 6.45) is -2.59. The summed E-state index contributed by atoms with van der Waals surface area (Å²) < 4.78 is 38.2. The first-order chi connectivity index (χ1) is 13.2. The van der Waals surface area contributed by atoms with E-state index in [1.165, 1.54) is 30.3 Å². The monoisotopic (exact) mass is 411 g/mol. The minimum atomic E-state index is -4.45. The van der Waals surface area contributed by atoms with Crippen molar-refractivity contribution in [2.45, 2.75) is 31.6 Å². The zero-order valence-corrected chi connectivity index (χ0v) is 15.3. The van der Waals surface area contributed by atoms with Gasteiger partial charge in [-0.05, 0) is 48.7 Å². The summed E-state index contributed by atoms with van der Waals surface area (Å²) in [5.74, 6) is -0.319. The standard InChI is InChI=1S/C19H17ClF3N3O2/c20-16-7-6-14(9-15(16)17(27)25-13-4-5-13)26-18(28)24-10-11-2-1-3-12(8-11)19(21,22)23/h1-3,6-9,13H,4-5,10H2,(H,25,27)(H2,24,26,28). The molecule has 3 N–H and O–H groups in total. The van der Waals surface area contributed by atoms with Crippen molar-refractivity contribution in [2.24, 2.45) is 0 Å². The van der Waals surface area contributed by atoms with Crippen LogP contribution in [-0.2, 0) is 12.7 Å². The van der Waals surface area contributed by atoms with Gasteiger partial charge in [0.25, 0.3) is 5.91 Å². The summed E-state index contributed by atoms with van der Waals surface area (Å²) in [5.41, 5.74) is 0.109. The topological polar surface area (TPSA) is 70.2 Å². The average Bonchev–Trinajstić information content (AvgIpc) is 3.45. The Morgan fingerprint density at radius 2 is 1.86 bits per heavy atom. The molecule has 2 aromatic rings. The molecule has 28 heavy (non-hydrogen) atoms. The Balaban J connectivity index is 1.60. The van der Waals surface area contributed by atoms with Crippen molar-refractivity contribution < 1.29 is 22.8 Å². The van der Waals surface area contributed by atoms with E-state index in [9.17, 15) is 22.8 Å². The maximum absolute atomic E-state index is 12.7. The summed E-state index contributed by atoms with van der Waals surface area (Å²) >= 11 is 6.04. The Kier molecular flexibility index (Phi) is 5.79. The summed E-state index contributed by atoms with van der Waals surface area (Å²) in [6.45, 7) is -0.0850. The fraction of sp³-hybridized carbons (Fsp3) is 0.263. The van der Waals surface area contributed by atoms with Gasteiger partial charge in [-0.15, -0.1) is 0 Å². The molecule has 1 aliphatic carbocycles. The second-order valence-corrected chi connectivity index (χ2v) is 6.86. The third-order valence-corrected chi connectivity index (χ3v) is 4.42. The lowest BCUT2D eigenvalue weighted by Gasteiger charge is -2.12. The smallest absolute Gasteiger partial charge is 0.349 e. The van der Waals surface area contributed by atoms with Crippen LogP contribution < -0.4 is 16.0 Å². The number of carbonyl (C=O) groups excluding carboxylic acids is 2. The van der Waals surface area contributed by atoms with Gasteiger partial charge in [-0.25, -0.2) is 4.79 Å². The van der Waals surface area contributed by atoms with E-state index in [0.29, 0.717) is 11.3 Å². The van der Waals surface area contributed by atoms with E-state index in [-0.39, 0.29) is 29.1 Å². The van der Waals surface area contributed by atoms with E-state index in [1.807, 2.05) is 0 Å². The molecule has 1 fully saturated rings. The van der Waals surface area contributed by atoms with E-state index >= 15 is 0 Å². The van der Waals surface area contributed by atoms with Crippen molar-refractivity contribution in [1.82, 2.24) is 10.6 Å². The summed E-state index contributed by atoms with van der Waals surface area (Å²) in [4.78, 5) is 24.2. The van der Waals surface area contributed by atoms with Gasteiger partial charge in [-0.3, -0.25) is 4.79 Å². The number of anilines is 1. The Morgan fingerprint density at radius 1 is 1.11 bits per heavy atom. The molecule has 1 saturated carbocycles. The van der Waals surface area contributed by atoms with Crippen molar-refractivity contribution >= 4 is 29.2 Å². The van der Waals surface area contributed by atoms with Gasteiger partial charge in [0, 0.05) is 18.3 Å². The van der Waals surface area contributed by atoms with E-state index in [0.717, 1.165) is 25.0 Å². The molecule has 148 valence electrons. The van der Waals surface area contributed by atoms with Crippen molar-refractivity contribution in [3.05, 3.63) is 64.2 Å². The van der Waals surface area contributed by atoms with Crippen LogP contribution in [0.3, 0.4) is 0 Å². The first kappa shape index (κ1) is 20.0. The Bertz CT molecular complexity index is 898. The molecule has 0 bridgehead atoms. The van der Waals surface area contributed by atoms with Crippen LogP contribution in [0.15, 0.2) is 42.5 Å². The maximum atomic E-state index is 12.7. The zero-order chi connectivity index (χ0) is 20.3. The molecule has 0 aliphatic heterocycles. The van der Waals surface area contributed by atoms with Crippen LogP contribution in [0.5, 0.6) is 0 Å².